The third-order valence-corrected chi connectivity index (χ3v) is 5.26. The number of nitrogens with one attached hydrogen (secondary N) is 1. The number of nitrogens with zero attached hydrogens (tertiary/aromatic N) is 1. The molecule has 0 atom stereocenters. The number of carbonyl (C=O) groups excluding carboxylic acids is 3. The maximum absolute atomic E-state index is 12.1. The molecule has 1 aliphatic rings. The van der Waals surface area contributed by atoms with E-state index in [1.807, 2.05) is 0 Å². The van der Waals surface area contributed by atoms with Crippen molar-refractivity contribution >= 4 is 29.4 Å². The van der Waals surface area contributed by atoms with Gasteiger partial charge in [0.1, 0.15) is 0 Å². The number of ether oxygens (including phenoxy) is 6. The number of rotatable bonds is 24. The topological polar surface area (TPSA) is 159 Å². The molecule has 0 saturated heterocycles. The summed E-state index contributed by atoms with van der Waals surface area (Å²) in [6, 6.07) is 6.70. The van der Waals surface area contributed by atoms with Crippen LogP contribution in [0.2, 0.25) is 0 Å². The van der Waals surface area contributed by atoms with Gasteiger partial charge in [0.25, 0.3) is 11.8 Å². The third-order valence-electron chi connectivity index (χ3n) is 5.26. The van der Waals surface area contributed by atoms with E-state index >= 15 is 0 Å². The van der Waals surface area contributed by atoms with Gasteiger partial charge in [-0.1, -0.05) is 12.1 Å². The fraction of sp³-hybridized carbons (Fsp3) is 0.556. The van der Waals surface area contributed by atoms with Gasteiger partial charge in [-0.15, -0.1) is 0 Å². The lowest BCUT2D eigenvalue weighted by atomic mass is 10.1. The summed E-state index contributed by atoms with van der Waals surface area (Å²) < 4.78 is 32.0. The number of amides is 3. The first-order valence-corrected chi connectivity index (χ1v) is 13.1. The highest BCUT2D eigenvalue weighted by molar-refractivity contribution is 6.28. The number of hydrogen-bond acceptors (Lipinski definition) is 10. The Morgan fingerprint density at radius 2 is 1.07 bits per heavy atom. The molecule has 1 heterocycles. The Hall–Kier alpha value is -3.20. The molecule has 0 fully saturated rings. The quantitative estimate of drug-likeness (QED) is 0.131. The van der Waals surface area contributed by atoms with E-state index in [4.69, 9.17) is 33.5 Å². The Morgan fingerprint density at radius 1 is 0.650 bits per heavy atom. The summed E-state index contributed by atoms with van der Waals surface area (Å²) in [5.74, 6) is -1.81. The van der Waals surface area contributed by atoms with E-state index in [1.165, 1.54) is 12.2 Å². The van der Waals surface area contributed by atoms with E-state index in [9.17, 15) is 19.2 Å². The highest BCUT2D eigenvalue weighted by atomic mass is 16.6. The number of aliphatic carboxylic acids is 1. The summed E-state index contributed by atoms with van der Waals surface area (Å²) in [6.07, 6.45) is 2.61. The second kappa shape index (κ2) is 20.7. The molecule has 0 saturated carbocycles. The van der Waals surface area contributed by atoms with E-state index in [0.29, 0.717) is 84.9 Å². The van der Waals surface area contributed by atoms with Gasteiger partial charge in [-0.05, 0) is 17.7 Å². The van der Waals surface area contributed by atoms with Gasteiger partial charge in [0.15, 0.2) is 0 Å². The highest BCUT2D eigenvalue weighted by Gasteiger charge is 2.24. The molecule has 13 heteroatoms. The van der Waals surface area contributed by atoms with Crippen molar-refractivity contribution in [3.8, 4) is 0 Å². The lowest BCUT2D eigenvalue weighted by molar-refractivity contribution is -0.138. The molecule has 0 bridgehead atoms. The minimum Gasteiger partial charge on any atom is -0.481 e. The lowest BCUT2D eigenvalue weighted by Gasteiger charge is -2.14. The maximum Gasteiger partial charge on any atom is 0.305 e. The van der Waals surface area contributed by atoms with Crippen LogP contribution < -0.4 is 10.2 Å². The molecule has 0 aliphatic carbocycles. The number of carboxylic acids is 1. The van der Waals surface area contributed by atoms with E-state index in [-0.39, 0.29) is 37.2 Å². The van der Waals surface area contributed by atoms with Crippen LogP contribution >= 0.6 is 0 Å². The molecule has 1 aromatic carbocycles. The molecule has 2 N–H and O–H groups in total. The molecule has 0 radical (unpaired) electrons. The molecular weight excluding hydrogens is 528 g/mol. The minimum atomic E-state index is -0.886. The summed E-state index contributed by atoms with van der Waals surface area (Å²) in [4.78, 5) is 46.9. The van der Waals surface area contributed by atoms with Crippen molar-refractivity contribution in [3.05, 3.63) is 42.0 Å². The second-order valence-electron chi connectivity index (χ2n) is 8.36. The van der Waals surface area contributed by atoms with Crippen LogP contribution in [0.5, 0.6) is 0 Å². The lowest BCUT2D eigenvalue weighted by Crippen LogP contribution is -2.30. The number of benzene rings is 1. The van der Waals surface area contributed by atoms with E-state index in [0.717, 1.165) is 10.5 Å². The maximum atomic E-state index is 12.1. The van der Waals surface area contributed by atoms with Crippen LogP contribution in [-0.4, -0.2) is 115 Å². The Kier molecular flexibility index (Phi) is 17.1. The first-order valence-electron chi connectivity index (χ1n) is 13.1. The van der Waals surface area contributed by atoms with E-state index < -0.39 is 5.97 Å². The van der Waals surface area contributed by atoms with Crippen LogP contribution in [0.25, 0.3) is 0 Å². The molecule has 222 valence electrons. The van der Waals surface area contributed by atoms with E-state index in [1.54, 1.807) is 24.3 Å². The number of imide groups is 1. The molecule has 2 rings (SSSR count). The number of anilines is 1. The summed E-state index contributed by atoms with van der Waals surface area (Å²) in [5.41, 5.74) is 1.23. The molecule has 1 aromatic rings. The first kappa shape index (κ1) is 33.0. The van der Waals surface area contributed by atoms with Gasteiger partial charge < -0.3 is 38.8 Å². The van der Waals surface area contributed by atoms with Crippen molar-refractivity contribution in [1.82, 2.24) is 5.32 Å². The zero-order chi connectivity index (χ0) is 28.8. The largest absolute Gasteiger partial charge is 0.481 e. The van der Waals surface area contributed by atoms with Crippen LogP contribution in [0.4, 0.5) is 5.69 Å². The fourth-order valence-electron chi connectivity index (χ4n) is 3.29. The predicted molar refractivity (Wildman–Crippen MR) is 142 cm³/mol. The normalized spacial score (nSPS) is 12.8. The summed E-state index contributed by atoms with van der Waals surface area (Å²) >= 11 is 0. The summed E-state index contributed by atoms with van der Waals surface area (Å²) in [5, 5.41) is 11.3. The second-order valence-corrected chi connectivity index (χ2v) is 8.36. The minimum absolute atomic E-state index is 0.0152. The predicted octanol–water partition coefficient (Wildman–Crippen LogP) is 0.349. The van der Waals surface area contributed by atoms with Crippen LogP contribution in [0.1, 0.15) is 12.0 Å². The summed E-state index contributed by atoms with van der Waals surface area (Å²) in [7, 11) is 0. The van der Waals surface area contributed by atoms with Crippen LogP contribution in [0, 0.1) is 0 Å². The van der Waals surface area contributed by atoms with Gasteiger partial charge in [0.2, 0.25) is 5.91 Å². The Morgan fingerprint density at radius 3 is 1.52 bits per heavy atom. The fourth-order valence-corrected chi connectivity index (χ4v) is 3.29. The first-order chi connectivity index (χ1) is 19.5. The molecule has 3 amide bonds. The third kappa shape index (κ3) is 14.8. The standard InChI is InChI=1S/C27H38N2O11/c30-24(21-22-1-3-23(4-2-22)29-25(31)5-6-26(29)32)28-8-10-36-12-14-38-16-18-40-20-19-39-17-15-37-13-11-35-9-7-27(33)34/h1-6H,7-21H2,(H,28,30)(H,33,34). The molecule has 13 nitrogen and oxygen atoms in total. The molecule has 40 heavy (non-hydrogen) atoms. The number of carbonyl (C=O) groups is 4. The SMILES string of the molecule is O=C(O)CCOCCOCCOCCOCCOCCOCCNC(=O)Cc1ccc(N2C(=O)C=CC2=O)cc1. The van der Waals surface area contributed by atoms with Crippen molar-refractivity contribution in [2.45, 2.75) is 12.8 Å². The van der Waals surface area contributed by atoms with Crippen LogP contribution in [0.15, 0.2) is 36.4 Å². The van der Waals surface area contributed by atoms with Gasteiger partial charge in [0, 0.05) is 18.7 Å². The van der Waals surface area contributed by atoms with E-state index in [2.05, 4.69) is 5.32 Å². The van der Waals surface area contributed by atoms with Crippen molar-refractivity contribution in [3.63, 3.8) is 0 Å². The summed E-state index contributed by atoms with van der Waals surface area (Å²) in [6.45, 7) is 5.06. The molecule has 0 unspecified atom stereocenters. The smallest absolute Gasteiger partial charge is 0.305 e. The molecule has 0 aromatic heterocycles. The van der Waals surface area contributed by atoms with Crippen molar-refractivity contribution in [2.75, 3.05) is 90.7 Å². The van der Waals surface area contributed by atoms with Gasteiger partial charge in [-0.3, -0.25) is 19.2 Å². The van der Waals surface area contributed by atoms with Crippen LogP contribution in [-0.2, 0) is 54.0 Å². The monoisotopic (exact) mass is 566 g/mol. The number of carboxylic acid groups (broad SMARTS) is 1. The average Bonchev–Trinajstić information content (AvgIpc) is 3.27. The average molecular weight is 567 g/mol. The Balaban J connectivity index is 1.31. The van der Waals surface area contributed by atoms with Crippen LogP contribution in [0.3, 0.4) is 0 Å². The van der Waals surface area contributed by atoms with Gasteiger partial charge in [0.05, 0.1) is 97.8 Å². The van der Waals surface area contributed by atoms with Gasteiger partial charge >= 0.3 is 5.97 Å². The van der Waals surface area contributed by atoms with Crippen molar-refractivity contribution in [2.24, 2.45) is 0 Å². The molecular formula is C27H38N2O11. The zero-order valence-corrected chi connectivity index (χ0v) is 22.5. The zero-order valence-electron chi connectivity index (χ0n) is 22.5. The Bertz CT molecular complexity index is 919. The Labute approximate surface area is 233 Å². The molecule has 0 spiro atoms. The molecule has 1 aliphatic heterocycles. The van der Waals surface area contributed by atoms with Gasteiger partial charge in [-0.2, -0.15) is 0 Å². The van der Waals surface area contributed by atoms with Gasteiger partial charge in [-0.25, -0.2) is 4.90 Å². The highest BCUT2D eigenvalue weighted by Crippen LogP contribution is 2.19. The van der Waals surface area contributed by atoms with Crippen molar-refractivity contribution < 1.29 is 52.7 Å². The number of hydrogen-bond donors (Lipinski definition) is 2. The van der Waals surface area contributed by atoms with Crippen molar-refractivity contribution in [1.29, 1.82) is 0 Å².